The third-order valence-electron chi connectivity index (χ3n) is 6.28. The van der Waals surface area contributed by atoms with Gasteiger partial charge in [0.05, 0.1) is 19.8 Å². The van der Waals surface area contributed by atoms with Gasteiger partial charge < -0.3 is 19.0 Å². The predicted molar refractivity (Wildman–Crippen MR) is 133 cm³/mol. The van der Waals surface area contributed by atoms with Crippen LogP contribution in [0.3, 0.4) is 0 Å². The normalized spacial score (nSPS) is 17.3. The van der Waals surface area contributed by atoms with Gasteiger partial charge in [-0.1, -0.05) is 13.8 Å². The summed E-state index contributed by atoms with van der Waals surface area (Å²) in [5.74, 6) is 0.668. The second-order valence-corrected chi connectivity index (χ2v) is 8.88. The van der Waals surface area contributed by atoms with E-state index in [4.69, 9.17) is 13.9 Å². The molecular weight excluding hydrogens is 446 g/mol. The van der Waals surface area contributed by atoms with Gasteiger partial charge in [-0.15, -0.1) is 0 Å². The Morgan fingerprint density at radius 2 is 1.69 bits per heavy atom. The van der Waals surface area contributed by atoms with Crippen LogP contribution in [0.4, 0.5) is 5.69 Å². The van der Waals surface area contributed by atoms with Crippen molar-refractivity contribution in [1.82, 2.24) is 0 Å². The lowest BCUT2D eigenvalue weighted by Crippen LogP contribution is -2.29. The molecule has 0 saturated carbocycles. The Morgan fingerprint density at radius 1 is 1.00 bits per heavy atom. The second-order valence-electron chi connectivity index (χ2n) is 8.88. The van der Waals surface area contributed by atoms with Crippen LogP contribution in [0.25, 0.3) is 5.76 Å². The molecule has 2 aromatic carbocycles. The number of furan rings is 1. The Morgan fingerprint density at radius 3 is 2.23 bits per heavy atom. The van der Waals surface area contributed by atoms with Crippen LogP contribution in [-0.2, 0) is 9.59 Å². The standard InChI is InChI=1S/C28H29NO6/c1-15(2)20-14-21(16(3)13-23(20)34-6)26(30)24-25(22-12-7-17(4)35-22)29(28(32)27(24)31)18-8-10-19(33-5)11-9-18/h7-15,25,30H,1-6H3/b26-24+. The van der Waals surface area contributed by atoms with Crippen LogP contribution in [0.2, 0.25) is 0 Å². The maximum atomic E-state index is 13.4. The first kappa shape index (κ1) is 24.1. The Labute approximate surface area is 204 Å². The number of ether oxygens (including phenoxy) is 2. The minimum absolute atomic E-state index is 0.0249. The average Bonchev–Trinajstić information content (AvgIpc) is 3.38. The minimum Gasteiger partial charge on any atom is -0.507 e. The molecule has 0 spiro atoms. The molecule has 1 aliphatic heterocycles. The fourth-order valence-electron chi connectivity index (χ4n) is 4.44. The molecule has 1 aromatic heterocycles. The predicted octanol–water partition coefficient (Wildman–Crippen LogP) is 5.66. The van der Waals surface area contributed by atoms with Gasteiger partial charge in [-0.2, -0.15) is 0 Å². The van der Waals surface area contributed by atoms with E-state index in [9.17, 15) is 14.7 Å². The maximum Gasteiger partial charge on any atom is 0.300 e. The second kappa shape index (κ2) is 9.33. The maximum absolute atomic E-state index is 13.4. The fraction of sp³-hybridized carbons (Fsp3) is 0.286. The van der Waals surface area contributed by atoms with Crippen LogP contribution >= 0.6 is 0 Å². The van der Waals surface area contributed by atoms with E-state index in [1.54, 1.807) is 57.5 Å². The van der Waals surface area contributed by atoms with Crippen LogP contribution < -0.4 is 14.4 Å². The minimum atomic E-state index is -0.930. The summed E-state index contributed by atoms with van der Waals surface area (Å²) < 4.78 is 16.6. The van der Waals surface area contributed by atoms with Crippen molar-refractivity contribution in [3.8, 4) is 11.5 Å². The van der Waals surface area contributed by atoms with Crippen molar-refractivity contribution in [3.63, 3.8) is 0 Å². The average molecular weight is 476 g/mol. The molecule has 7 heteroatoms. The Bertz CT molecular complexity index is 1320. The summed E-state index contributed by atoms with van der Waals surface area (Å²) in [6, 6.07) is 13.0. The summed E-state index contributed by atoms with van der Waals surface area (Å²) in [4.78, 5) is 28.0. The molecule has 0 bridgehead atoms. The first-order valence-corrected chi connectivity index (χ1v) is 11.4. The van der Waals surface area contributed by atoms with E-state index < -0.39 is 17.7 Å². The summed E-state index contributed by atoms with van der Waals surface area (Å²) in [6.07, 6.45) is 0. The van der Waals surface area contributed by atoms with Crippen LogP contribution in [0, 0.1) is 13.8 Å². The molecule has 2 heterocycles. The topological polar surface area (TPSA) is 89.2 Å². The molecule has 7 nitrogen and oxygen atoms in total. The molecule has 1 N–H and O–H groups in total. The third-order valence-corrected chi connectivity index (χ3v) is 6.28. The molecule has 3 aromatic rings. The lowest BCUT2D eigenvalue weighted by atomic mass is 9.92. The quantitative estimate of drug-likeness (QED) is 0.281. The number of aliphatic hydroxyl groups is 1. The molecular formula is C28H29NO6. The molecule has 1 fully saturated rings. The molecule has 1 atom stereocenters. The number of methoxy groups -OCH3 is 2. The summed E-state index contributed by atoms with van der Waals surface area (Å²) in [5, 5.41) is 11.5. The number of benzene rings is 2. The zero-order valence-electron chi connectivity index (χ0n) is 20.7. The first-order valence-electron chi connectivity index (χ1n) is 11.4. The van der Waals surface area contributed by atoms with Crippen molar-refractivity contribution in [2.45, 2.75) is 39.7 Å². The van der Waals surface area contributed by atoms with Gasteiger partial charge in [0.15, 0.2) is 0 Å². The van der Waals surface area contributed by atoms with Crippen molar-refractivity contribution < 1.29 is 28.6 Å². The van der Waals surface area contributed by atoms with E-state index in [0.29, 0.717) is 39.8 Å². The molecule has 1 amide bonds. The van der Waals surface area contributed by atoms with Gasteiger partial charge >= 0.3 is 0 Å². The number of nitrogens with zero attached hydrogens (tertiary/aromatic N) is 1. The van der Waals surface area contributed by atoms with E-state index in [2.05, 4.69) is 0 Å². The monoisotopic (exact) mass is 475 g/mol. The van der Waals surface area contributed by atoms with Crippen molar-refractivity contribution in [2.75, 3.05) is 19.1 Å². The summed E-state index contributed by atoms with van der Waals surface area (Å²) in [7, 11) is 3.15. The molecule has 0 aliphatic carbocycles. The number of rotatable bonds is 6. The highest BCUT2D eigenvalue weighted by Crippen LogP contribution is 2.44. The number of amides is 1. The number of carbonyl (C=O) groups excluding carboxylic acids is 2. The first-order chi connectivity index (χ1) is 16.7. The summed E-state index contributed by atoms with van der Waals surface area (Å²) in [6.45, 7) is 7.65. The number of hydrogen-bond acceptors (Lipinski definition) is 6. The number of ketones is 1. The Hall–Kier alpha value is -4.00. The highest BCUT2D eigenvalue weighted by molar-refractivity contribution is 6.51. The SMILES string of the molecule is COc1ccc(N2C(=O)C(=O)/C(=C(/O)c3cc(C(C)C)c(OC)cc3C)C2c2ccc(C)o2)cc1. The molecule has 35 heavy (non-hydrogen) atoms. The van der Waals surface area contributed by atoms with Gasteiger partial charge in [-0.05, 0) is 79.4 Å². The molecule has 182 valence electrons. The van der Waals surface area contributed by atoms with Gasteiger partial charge in [0.1, 0.15) is 34.8 Å². The number of Topliss-reactive ketones (excluding diaryl/α,β-unsaturated/α-hetero) is 1. The fourth-order valence-corrected chi connectivity index (χ4v) is 4.44. The van der Waals surface area contributed by atoms with E-state index in [-0.39, 0.29) is 17.3 Å². The van der Waals surface area contributed by atoms with E-state index in [1.807, 2.05) is 32.9 Å². The number of anilines is 1. The van der Waals surface area contributed by atoms with Crippen LogP contribution in [-0.4, -0.2) is 31.0 Å². The van der Waals surface area contributed by atoms with Crippen LogP contribution in [0.15, 0.2) is 58.5 Å². The number of aryl methyl sites for hydroxylation is 2. The van der Waals surface area contributed by atoms with Crippen molar-refractivity contribution in [1.29, 1.82) is 0 Å². The highest BCUT2D eigenvalue weighted by Gasteiger charge is 2.48. The zero-order valence-corrected chi connectivity index (χ0v) is 20.7. The lowest BCUT2D eigenvalue weighted by Gasteiger charge is -2.24. The van der Waals surface area contributed by atoms with E-state index in [0.717, 1.165) is 5.56 Å². The number of aliphatic hydroxyl groups excluding tert-OH is 1. The largest absolute Gasteiger partial charge is 0.507 e. The third kappa shape index (κ3) is 4.18. The Balaban J connectivity index is 1.95. The smallest absolute Gasteiger partial charge is 0.300 e. The highest BCUT2D eigenvalue weighted by atomic mass is 16.5. The molecule has 4 rings (SSSR count). The number of carbonyl (C=O) groups is 2. The van der Waals surface area contributed by atoms with Crippen molar-refractivity contribution >= 4 is 23.1 Å². The van der Waals surface area contributed by atoms with Gasteiger partial charge in [-0.3, -0.25) is 14.5 Å². The summed E-state index contributed by atoms with van der Waals surface area (Å²) in [5.41, 5.74) is 2.53. The Kier molecular flexibility index (Phi) is 6.43. The van der Waals surface area contributed by atoms with Crippen molar-refractivity contribution in [3.05, 3.63) is 82.3 Å². The number of hydrogen-bond donors (Lipinski definition) is 1. The molecule has 1 unspecified atom stereocenters. The van der Waals surface area contributed by atoms with Gasteiger partial charge in [0.25, 0.3) is 11.7 Å². The van der Waals surface area contributed by atoms with E-state index >= 15 is 0 Å². The zero-order chi connectivity index (χ0) is 25.4. The van der Waals surface area contributed by atoms with E-state index in [1.165, 1.54) is 4.90 Å². The molecule has 1 saturated heterocycles. The van der Waals surface area contributed by atoms with Gasteiger partial charge in [0, 0.05) is 11.3 Å². The summed E-state index contributed by atoms with van der Waals surface area (Å²) >= 11 is 0. The lowest BCUT2D eigenvalue weighted by molar-refractivity contribution is -0.132. The van der Waals surface area contributed by atoms with Crippen LogP contribution in [0.1, 0.15) is 54.0 Å². The molecule has 1 aliphatic rings. The van der Waals surface area contributed by atoms with Crippen molar-refractivity contribution in [2.24, 2.45) is 0 Å². The van der Waals surface area contributed by atoms with Gasteiger partial charge in [-0.25, -0.2) is 0 Å². The van der Waals surface area contributed by atoms with Gasteiger partial charge in [0.2, 0.25) is 0 Å². The van der Waals surface area contributed by atoms with Crippen LogP contribution in [0.5, 0.6) is 11.5 Å². The molecule has 0 radical (unpaired) electrons.